The molecule has 0 aliphatic rings. The van der Waals surface area contributed by atoms with Crippen molar-refractivity contribution < 1.29 is 21.6 Å². The molecular formula is C21H16F3N3O2S. The molecule has 0 saturated carbocycles. The molecule has 0 bridgehead atoms. The van der Waals surface area contributed by atoms with Crippen molar-refractivity contribution in [3.05, 3.63) is 78.1 Å². The van der Waals surface area contributed by atoms with Crippen LogP contribution in [0.2, 0.25) is 0 Å². The van der Waals surface area contributed by atoms with Crippen LogP contribution < -0.4 is 5.14 Å². The van der Waals surface area contributed by atoms with Crippen LogP contribution in [0, 0.1) is 6.92 Å². The Kier molecular flexibility index (Phi) is 4.67. The second-order valence-electron chi connectivity index (χ2n) is 6.78. The Bertz CT molecular complexity index is 1340. The van der Waals surface area contributed by atoms with Gasteiger partial charge in [-0.05, 0) is 61.5 Å². The maximum Gasteiger partial charge on any atom is 0.416 e. The third kappa shape index (κ3) is 3.46. The van der Waals surface area contributed by atoms with Crippen molar-refractivity contribution in [2.45, 2.75) is 18.0 Å². The van der Waals surface area contributed by atoms with Gasteiger partial charge in [-0.15, -0.1) is 0 Å². The molecule has 5 nitrogen and oxygen atoms in total. The molecule has 4 aromatic rings. The quantitative estimate of drug-likeness (QED) is 0.512. The maximum atomic E-state index is 13.0. The summed E-state index contributed by atoms with van der Waals surface area (Å²) in [5, 5.41) is 5.87. The third-order valence-electron chi connectivity index (χ3n) is 4.88. The molecular weight excluding hydrogens is 415 g/mol. The number of primary sulfonamides is 1. The van der Waals surface area contributed by atoms with E-state index in [0.717, 1.165) is 12.1 Å². The molecule has 0 spiro atoms. The van der Waals surface area contributed by atoms with E-state index in [0.29, 0.717) is 33.5 Å². The topological polar surface area (TPSA) is 78.0 Å². The lowest BCUT2D eigenvalue weighted by Gasteiger charge is -2.11. The van der Waals surface area contributed by atoms with E-state index in [2.05, 4.69) is 4.98 Å². The number of hydrogen-bond acceptors (Lipinski definition) is 3. The van der Waals surface area contributed by atoms with Crippen LogP contribution >= 0.6 is 0 Å². The van der Waals surface area contributed by atoms with Crippen LogP contribution in [0.1, 0.15) is 11.3 Å². The van der Waals surface area contributed by atoms with Crippen LogP contribution in [-0.2, 0) is 16.2 Å². The number of benzene rings is 2. The summed E-state index contributed by atoms with van der Waals surface area (Å²) in [5.74, 6) is 0. The van der Waals surface area contributed by atoms with Crippen LogP contribution in [0.3, 0.4) is 0 Å². The molecule has 30 heavy (non-hydrogen) atoms. The van der Waals surface area contributed by atoms with Crippen LogP contribution in [0.15, 0.2) is 71.8 Å². The van der Waals surface area contributed by atoms with Gasteiger partial charge in [-0.1, -0.05) is 6.07 Å². The van der Waals surface area contributed by atoms with Gasteiger partial charge in [0.2, 0.25) is 10.0 Å². The molecule has 0 saturated heterocycles. The number of rotatable bonds is 3. The molecule has 2 aromatic carbocycles. The summed E-state index contributed by atoms with van der Waals surface area (Å²) in [5.41, 5.74) is 2.38. The van der Waals surface area contributed by atoms with E-state index >= 15 is 0 Å². The predicted octanol–water partition coefficient (Wildman–Crippen LogP) is 4.67. The maximum absolute atomic E-state index is 13.0. The number of aromatic nitrogens is 2. The molecule has 0 aliphatic heterocycles. The first-order chi connectivity index (χ1) is 14.1. The molecule has 2 aromatic heterocycles. The number of nitrogens with zero attached hydrogens (tertiary/aromatic N) is 2. The highest BCUT2D eigenvalue weighted by Gasteiger charge is 2.30. The highest BCUT2D eigenvalue weighted by atomic mass is 32.2. The molecule has 154 valence electrons. The van der Waals surface area contributed by atoms with Crippen molar-refractivity contribution in [2.75, 3.05) is 0 Å². The second-order valence-corrected chi connectivity index (χ2v) is 8.34. The number of pyridine rings is 1. The summed E-state index contributed by atoms with van der Waals surface area (Å²) >= 11 is 0. The van der Waals surface area contributed by atoms with Gasteiger partial charge >= 0.3 is 6.18 Å². The first-order valence-corrected chi connectivity index (χ1v) is 10.4. The van der Waals surface area contributed by atoms with E-state index in [9.17, 15) is 21.6 Å². The zero-order valence-corrected chi connectivity index (χ0v) is 16.5. The van der Waals surface area contributed by atoms with Crippen LogP contribution in [0.25, 0.3) is 27.8 Å². The van der Waals surface area contributed by atoms with Crippen LogP contribution in [-0.4, -0.2) is 18.0 Å². The first kappa shape index (κ1) is 20.1. The fourth-order valence-electron chi connectivity index (χ4n) is 3.54. The normalized spacial score (nSPS) is 12.4. The Morgan fingerprint density at radius 3 is 2.27 bits per heavy atom. The number of sulfonamides is 1. The number of hydrogen-bond donors (Lipinski definition) is 1. The monoisotopic (exact) mass is 431 g/mol. The highest BCUT2D eigenvalue weighted by Crippen LogP contribution is 2.37. The highest BCUT2D eigenvalue weighted by molar-refractivity contribution is 7.89. The van der Waals surface area contributed by atoms with E-state index < -0.39 is 21.8 Å². The minimum absolute atomic E-state index is 0.0586. The van der Waals surface area contributed by atoms with E-state index in [1.54, 1.807) is 42.0 Å². The van der Waals surface area contributed by atoms with Crippen LogP contribution in [0.5, 0.6) is 0 Å². The molecule has 0 atom stereocenters. The lowest BCUT2D eigenvalue weighted by Crippen LogP contribution is -2.11. The van der Waals surface area contributed by atoms with Gasteiger partial charge in [-0.25, -0.2) is 13.6 Å². The zero-order valence-electron chi connectivity index (χ0n) is 15.7. The van der Waals surface area contributed by atoms with Gasteiger partial charge in [0.1, 0.15) is 0 Å². The SMILES string of the molecule is Cc1c(-c2ccccn2)c2cc(S(N)(=O)=O)ccc2n1-c1ccc(C(F)(F)F)cc1. The van der Waals surface area contributed by atoms with Gasteiger partial charge in [-0.2, -0.15) is 13.2 Å². The van der Waals surface area contributed by atoms with Crippen molar-refractivity contribution in [1.29, 1.82) is 0 Å². The summed E-state index contributed by atoms with van der Waals surface area (Å²) in [4.78, 5) is 4.30. The summed E-state index contributed by atoms with van der Waals surface area (Å²) < 4.78 is 64.4. The Balaban J connectivity index is 2.02. The predicted molar refractivity (Wildman–Crippen MR) is 108 cm³/mol. The summed E-state index contributed by atoms with van der Waals surface area (Å²) in [6, 6.07) is 14.5. The molecule has 0 fully saturated rings. The van der Waals surface area contributed by atoms with Gasteiger partial charge in [0.15, 0.2) is 0 Å². The molecule has 0 unspecified atom stereocenters. The van der Waals surface area contributed by atoms with Crippen molar-refractivity contribution in [3.63, 3.8) is 0 Å². The lowest BCUT2D eigenvalue weighted by molar-refractivity contribution is -0.137. The standard InChI is InChI=1S/C21H16F3N3O2S/c1-13-20(18-4-2-3-11-26-18)17-12-16(30(25,28)29)9-10-19(17)27(13)15-7-5-14(6-8-15)21(22,23)24/h2-12H,1H3,(H2,25,28,29). The van der Waals surface area contributed by atoms with Gasteiger partial charge in [0, 0.05) is 28.5 Å². The Morgan fingerprint density at radius 2 is 1.70 bits per heavy atom. The number of nitrogens with two attached hydrogens (primary N) is 1. The number of alkyl halides is 3. The molecule has 0 radical (unpaired) electrons. The minimum Gasteiger partial charge on any atom is -0.313 e. The Morgan fingerprint density at radius 1 is 1.00 bits per heavy atom. The van der Waals surface area contributed by atoms with Crippen molar-refractivity contribution in [3.8, 4) is 16.9 Å². The van der Waals surface area contributed by atoms with Crippen molar-refractivity contribution >= 4 is 20.9 Å². The average Bonchev–Trinajstić information content (AvgIpc) is 2.98. The molecule has 9 heteroatoms. The molecule has 2 N–H and O–H groups in total. The van der Waals surface area contributed by atoms with Crippen molar-refractivity contribution in [2.24, 2.45) is 5.14 Å². The van der Waals surface area contributed by atoms with Gasteiger partial charge in [0.25, 0.3) is 0 Å². The molecule has 2 heterocycles. The zero-order chi connectivity index (χ0) is 21.7. The summed E-state index contributed by atoms with van der Waals surface area (Å²) in [6.07, 6.45) is -2.82. The lowest BCUT2D eigenvalue weighted by atomic mass is 10.1. The van der Waals surface area contributed by atoms with Crippen LogP contribution in [0.4, 0.5) is 13.2 Å². The molecule has 0 aliphatic carbocycles. The molecule has 4 rings (SSSR count). The van der Waals surface area contributed by atoms with Gasteiger partial charge in [-0.3, -0.25) is 4.98 Å². The Hall–Kier alpha value is -3.17. The Labute approximate surface area is 170 Å². The summed E-state index contributed by atoms with van der Waals surface area (Å²) in [6.45, 7) is 1.80. The number of fused-ring (bicyclic) bond motifs is 1. The van der Waals surface area contributed by atoms with Gasteiger partial charge < -0.3 is 4.57 Å². The fourth-order valence-corrected chi connectivity index (χ4v) is 4.08. The minimum atomic E-state index is -4.43. The summed E-state index contributed by atoms with van der Waals surface area (Å²) in [7, 11) is -3.94. The second kappa shape index (κ2) is 6.96. The van der Waals surface area contributed by atoms with E-state index in [1.807, 2.05) is 0 Å². The van der Waals surface area contributed by atoms with E-state index in [4.69, 9.17) is 5.14 Å². The van der Waals surface area contributed by atoms with Gasteiger partial charge in [0.05, 0.1) is 21.7 Å². The number of halogens is 3. The largest absolute Gasteiger partial charge is 0.416 e. The van der Waals surface area contributed by atoms with E-state index in [-0.39, 0.29) is 4.90 Å². The smallest absolute Gasteiger partial charge is 0.313 e. The first-order valence-electron chi connectivity index (χ1n) is 8.84. The fraction of sp³-hybridized carbons (Fsp3) is 0.0952. The third-order valence-corrected chi connectivity index (χ3v) is 5.79. The average molecular weight is 431 g/mol. The molecule has 0 amide bonds. The van der Waals surface area contributed by atoms with E-state index in [1.165, 1.54) is 24.3 Å². The van der Waals surface area contributed by atoms with Crippen molar-refractivity contribution in [1.82, 2.24) is 9.55 Å².